The van der Waals surface area contributed by atoms with Crippen LogP contribution >= 0.6 is 0 Å². The Kier molecular flexibility index (Phi) is 4.02. The number of carboxylic acids is 1. The van der Waals surface area contributed by atoms with Crippen molar-refractivity contribution in [3.63, 3.8) is 0 Å². The van der Waals surface area contributed by atoms with Gasteiger partial charge in [0, 0.05) is 5.69 Å². The predicted molar refractivity (Wildman–Crippen MR) is 70.0 cm³/mol. The molecule has 0 atom stereocenters. The van der Waals surface area contributed by atoms with Gasteiger partial charge in [-0.2, -0.15) is 4.98 Å². The molecule has 110 valence electrons. The zero-order chi connectivity index (χ0) is 15.4. The molecule has 2 amide bonds. The van der Waals surface area contributed by atoms with Gasteiger partial charge in [-0.25, -0.2) is 9.59 Å². The summed E-state index contributed by atoms with van der Waals surface area (Å²) in [7, 11) is 0. The van der Waals surface area contributed by atoms with Crippen LogP contribution in [0.5, 0.6) is 5.75 Å². The molecule has 9 nitrogen and oxygen atoms in total. The molecule has 1 aromatic heterocycles. The lowest BCUT2D eigenvalue weighted by Crippen LogP contribution is -2.28. The molecule has 0 aliphatic rings. The van der Waals surface area contributed by atoms with Gasteiger partial charge in [-0.3, -0.25) is 0 Å². The Morgan fingerprint density at radius 3 is 2.76 bits per heavy atom. The maximum atomic E-state index is 11.6. The van der Waals surface area contributed by atoms with E-state index in [1.807, 2.05) is 0 Å². The van der Waals surface area contributed by atoms with Crippen molar-refractivity contribution in [3.8, 4) is 5.75 Å². The van der Waals surface area contributed by atoms with Crippen LogP contribution in [-0.4, -0.2) is 32.4 Å². The number of urea groups is 1. The highest BCUT2D eigenvalue weighted by Gasteiger charge is 2.12. The van der Waals surface area contributed by atoms with Gasteiger partial charge in [0.15, 0.2) is 5.82 Å². The highest BCUT2D eigenvalue weighted by molar-refractivity contribution is 5.95. The highest BCUT2D eigenvalue weighted by atomic mass is 16.5. The second-order valence-electron chi connectivity index (χ2n) is 4.08. The van der Waals surface area contributed by atoms with E-state index in [0.717, 1.165) is 6.07 Å². The lowest BCUT2D eigenvalue weighted by molar-refractivity contribution is 0.0693. The molecule has 21 heavy (non-hydrogen) atoms. The van der Waals surface area contributed by atoms with Crippen molar-refractivity contribution in [1.82, 2.24) is 15.5 Å². The quantitative estimate of drug-likeness (QED) is 0.619. The lowest BCUT2D eigenvalue weighted by Gasteiger charge is -2.07. The number of carboxylic acid groups (broad SMARTS) is 1. The van der Waals surface area contributed by atoms with E-state index in [1.54, 1.807) is 6.92 Å². The molecule has 2 aromatic rings. The molecule has 0 aliphatic heterocycles. The first-order chi connectivity index (χ1) is 9.95. The predicted octanol–water partition coefficient (Wildman–Crippen LogP) is 1.10. The normalized spacial score (nSPS) is 10.1. The molecule has 4 N–H and O–H groups in total. The summed E-state index contributed by atoms with van der Waals surface area (Å²) in [6, 6.07) is 3.13. The SMILES string of the molecule is Cc1noc(CNC(=O)Nc2ccc(O)c(C(=O)O)c2)n1. The van der Waals surface area contributed by atoms with E-state index in [1.165, 1.54) is 12.1 Å². The topological polar surface area (TPSA) is 138 Å². The van der Waals surface area contributed by atoms with E-state index >= 15 is 0 Å². The molecule has 0 saturated carbocycles. The average Bonchev–Trinajstić information content (AvgIpc) is 2.84. The number of nitrogens with one attached hydrogen (secondary N) is 2. The Morgan fingerprint density at radius 1 is 1.38 bits per heavy atom. The van der Waals surface area contributed by atoms with Crippen LogP contribution in [0.2, 0.25) is 0 Å². The van der Waals surface area contributed by atoms with E-state index in [2.05, 4.69) is 20.8 Å². The van der Waals surface area contributed by atoms with Crippen LogP contribution in [0.15, 0.2) is 22.7 Å². The number of carbonyl (C=O) groups excluding carboxylic acids is 1. The number of aryl methyl sites for hydroxylation is 1. The van der Waals surface area contributed by atoms with Gasteiger partial charge in [-0.15, -0.1) is 0 Å². The molecule has 0 unspecified atom stereocenters. The first kappa shape index (κ1) is 14.3. The minimum atomic E-state index is -1.29. The molecule has 0 spiro atoms. The van der Waals surface area contributed by atoms with Crippen LogP contribution in [0.25, 0.3) is 0 Å². The maximum Gasteiger partial charge on any atom is 0.339 e. The molecule has 0 aliphatic carbocycles. The summed E-state index contributed by atoms with van der Waals surface area (Å²) in [5, 5.41) is 26.7. The summed E-state index contributed by atoms with van der Waals surface area (Å²) < 4.78 is 4.82. The maximum absolute atomic E-state index is 11.6. The number of benzene rings is 1. The minimum absolute atomic E-state index is 0.0382. The number of hydrogen-bond acceptors (Lipinski definition) is 6. The lowest BCUT2D eigenvalue weighted by atomic mass is 10.2. The van der Waals surface area contributed by atoms with E-state index in [4.69, 9.17) is 9.63 Å². The average molecular weight is 292 g/mol. The minimum Gasteiger partial charge on any atom is -0.507 e. The molecule has 1 aromatic carbocycles. The van der Waals surface area contributed by atoms with Crippen LogP contribution in [-0.2, 0) is 6.54 Å². The molecular formula is C12H12N4O5. The first-order valence-electron chi connectivity index (χ1n) is 5.86. The first-order valence-corrected chi connectivity index (χ1v) is 5.86. The Morgan fingerprint density at radius 2 is 2.14 bits per heavy atom. The number of anilines is 1. The van der Waals surface area contributed by atoms with Crippen molar-refractivity contribution >= 4 is 17.7 Å². The smallest absolute Gasteiger partial charge is 0.339 e. The number of rotatable bonds is 4. The standard InChI is InChI=1S/C12H12N4O5/c1-6-14-10(21-16-6)5-13-12(20)15-7-2-3-9(17)8(4-7)11(18)19/h2-4,17H,5H2,1H3,(H,18,19)(H2,13,15,20). The molecule has 0 bridgehead atoms. The number of carbonyl (C=O) groups is 2. The molecule has 0 saturated heterocycles. The number of phenols is 1. The molecule has 1 heterocycles. The summed E-state index contributed by atoms with van der Waals surface area (Å²) >= 11 is 0. The number of nitrogens with zero attached hydrogens (tertiary/aromatic N) is 2. The Balaban J connectivity index is 1.96. The van der Waals surface area contributed by atoms with E-state index in [-0.39, 0.29) is 29.4 Å². The van der Waals surface area contributed by atoms with Crippen LogP contribution in [0, 0.1) is 6.92 Å². The van der Waals surface area contributed by atoms with Gasteiger partial charge < -0.3 is 25.4 Å². The van der Waals surface area contributed by atoms with Gasteiger partial charge in [0.1, 0.15) is 11.3 Å². The Labute approximate surface area is 118 Å². The summed E-state index contributed by atoms with van der Waals surface area (Å²) in [4.78, 5) is 26.4. The Hall–Kier alpha value is -3.10. The molecule has 9 heteroatoms. The van der Waals surface area contributed by atoms with Gasteiger partial charge >= 0.3 is 12.0 Å². The number of aromatic carboxylic acids is 1. The van der Waals surface area contributed by atoms with Crippen molar-refractivity contribution in [2.45, 2.75) is 13.5 Å². The van der Waals surface area contributed by atoms with Gasteiger partial charge in [-0.1, -0.05) is 5.16 Å². The van der Waals surface area contributed by atoms with E-state index in [9.17, 15) is 14.7 Å². The third kappa shape index (κ3) is 3.69. The molecular weight excluding hydrogens is 280 g/mol. The number of amides is 2. The van der Waals surface area contributed by atoms with Crippen molar-refractivity contribution < 1.29 is 24.3 Å². The fourth-order valence-corrected chi connectivity index (χ4v) is 1.53. The van der Waals surface area contributed by atoms with Crippen molar-refractivity contribution in [2.75, 3.05) is 5.32 Å². The molecule has 0 radical (unpaired) electrons. The summed E-state index contributed by atoms with van der Waals surface area (Å²) in [6.07, 6.45) is 0. The summed E-state index contributed by atoms with van der Waals surface area (Å²) in [6.45, 7) is 1.69. The fourth-order valence-electron chi connectivity index (χ4n) is 1.53. The summed E-state index contributed by atoms with van der Waals surface area (Å²) in [5.74, 6) is -0.968. The van der Waals surface area contributed by atoms with Crippen LogP contribution in [0.3, 0.4) is 0 Å². The highest BCUT2D eigenvalue weighted by Crippen LogP contribution is 2.21. The largest absolute Gasteiger partial charge is 0.507 e. The number of aromatic hydroxyl groups is 1. The van der Waals surface area contributed by atoms with Crippen molar-refractivity contribution in [1.29, 1.82) is 0 Å². The monoisotopic (exact) mass is 292 g/mol. The third-order valence-electron chi connectivity index (χ3n) is 2.45. The van der Waals surface area contributed by atoms with Crippen LogP contribution < -0.4 is 10.6 Å². The van der Waals surface area contributed by atoms with Crippen LogP contribution in [0.1, 0.15) is 22.1 Å². The van der Waals surface area contributed by atoms with Gasteiger partial charge in [0.05, 0.1) is 6.54 Å². The van der Waals surface area contributed by atoms with E-state index in [0.29, 0.717) is 5.82 Å². The molecule has 2 rings (SSSR count). The fraction of sp³-hybridized carbons (Fsp3) is 0.167. The Bertz CT molecular complexity index is 682. The number of aromatic nitrogens is 2. The van der Waals surface area contributed by atoms with E-state index < -0.39 is 12.0 Å². The van der Waals surface area contributed by atoms with Crippen molar-refractivity contribution in [3.05, 3.63) is 35.5 Å². The third-order valence-corrected chi connectivity index (χ3v) is 2.45. The zero-order valence-electron chi connectivity index (χ0n) is 11.0. The van der Waals surface area contributed by atoms with Gasteiger partial charge in [0.25, 0.3) is 0 Å². The number of hydrogen-bond donors (Lipinski definition) is 4. The van der Waals surface area contributed by atoms with Crippen molar-refractivity contribution in [2.24, 2.45) is 0 Å². The zero-order valence-corrected chi connectivity index (χ0v) is 11.0. The van der Waals surface area contributed by atoms with Gasteiger partial charge in [-0.05, 0) is 25.1 Å². The van der Waals surface area contributed by atoms with Crippen LogP contribution in [0.4, 0.5) is 10.5 Å². The second kappa shape index (κ2) is 5.90. The van der Waals surface area contributed by atoms with Gasteiger partial charge in [0.2, 0.25) is 5.89 Å². The summed E-state index contributed by atoms with van der Waals surface area (Å²) in [5.41, 5.74) is -0.0789. The second-order valence-corrected chi connectivity index (χ2v) is 4.08. The molecule has 0 fully saturated rings.